The van der Waals surface area contributed by atoms with Gasteiger partial charge < -0.3 is 24.8 Å². The molecule has 2 rings (SSSR count). The predicted octanol–water partition coefficient (Wildman–Crippen LogP) is 0.607. The van der Waals surface area contributed by atoms with Crippen LogP contribution in [-0.2, 0) is 4.74 Å². The maximum Gasteiger partial charge on any atom is 0.317 e. The van der Waals surface area contributed by atoms with Gasteiger partial charge in [-0.3, -0.25) is 0 Å². The fraction of sp³-hybridized carbons (Fsp3) is 0.500. The van der Waals surface area contributed by atoms with Crippen molar-refractivity contribution < 1.29 is 23.8 Å². The van der Waals surface area contributed by atoms with Gasteiger partial charge in [-0.2, -0.15) is 0 Å². The molecule has 1 saturated heterocycles. The molecule has 0 aliphatic carbocycles. The Labute approximate surface area is 122 Å². The van der Waals surface area contributed by atoms with Crippen LogP contribution in [0.4, 0.5) is 9.18 Å². The number of aliphatic hydroxyl groups excluding tert-OH is 1. The Bertz CT molecular complexity index is 472. The van der Waals surface area contributed by atoms with Crippen molar-refractivity contribution in [1.29, 1.82) is 0 Å². The number of ether oxygens (including phenoxy) is 2. The lowest BCUT2D eigenvalue weighted by Gasteiger charge is -2.32. The molecule has 1 unspecified atom stereocenters. The normalized spacial score (nSPS) is 18.4. The molecule has 6 nitrogen and oxygen atoms in total. The van der Waals surface area contributed by atoms with E-state index in [2.05, 4.69) is 5.32 Å². The number of hydrogen-bond acceptors (Lipinski definition) is 4. The third-order valence-electron chi connectivity index (χ3n) is 3.07. The van der Waals surface area contributed by atoms with Crippen molar-refractivity contribution in [3.63, 3.8) is 0 Å². The van der Waals surface area contributed by atoms with Gasteiger partial charge in [0.05, 0.1) is 32.4 Å². The molecule has 0 spiro atoms. The number of aliphatic hydroxyl groups is 1. The summed E-state index contributed by atoms with van der Waals surface area (Å²) >= 11 is 0. The summed E-state index contributed by atoms with van der Waals surface area (Å²) < 4.78 is 23.5. The van der Waals surface area contributed by atoms with E-state index in [1.165, 1.54) is 12.1 Å². The zero-order chi connectivity index (χ0) is 15.1. The maximum absolute atomic E-state index is 12.9. The molecule has 1 aromatic carbocycles. The highest BCUT2D eigenvalue weighted by atomic mass is 19.1. The maximum atomic E-state index is 12.9. The van der Waals surface area contributed by atoms with Gasteiger partial charge in [-0.25, -0.2) is 9.18 Å². The Morgan fingerprint density at radius 2 is 2.43 bits per heavy atom. The lowest BCUT2D eigenvalue weighted by Crippen LogP contribution is -2.51. The minimum Gasteiger partial charge on any atom is -0.492 e. The van der Waals surface area contributed by atoms with E-state index in [9.17, 15) is 9.18 Å². The van der Waals surface area contributed by atoms with E-state index in [0.29, 0.717) is 32.0 Å². The number of nitrogens with zero attached hydrogens (tertiary/aromatic N) is 1. The second-order valence-electron chi connectivity index (χ2n) is 4.66. The van der Waals surface area contributed by atoms with Crippen LogP contribution in [0.25, 0.3) is 0 Å². The predicted molar refractivity (Wildman–Crippen MR) is 73.7 cm³/mol. The minimum atomic E-state index is -0.361. The van der Waals surface area contributed by atoms with Crippen LogP contribution in [-0.4, -0.2) is 61.6 Å². The Balaban J connectivity index is 1.67. The molecule has 7 heteroatoms. The summed E-state index contributed by atoms with van der Waals surface area (Å²) in [6, 6.07) is 5.62. The number of urea groups is 1. The SMILES string of the molecule is O=C(NCCOc1cccc(F)c1)N1CCOC(CO)C1. The van der Waals surface area contributed by atoms with Crippen LogP contribution in [0.15, 0.2) is 24.3 Å². The molecule has 2 amide bonds. The molecule has 1 fully saturated rings. The molecule has 0 aromatic heterocycles. The molecule has 1 heterocycles. The number of morpholine rings is 1. The van der Waals surface area contributed by atoms with Gasteiger partial charge in [-0.15, -0.1) is 0 Å². The summed E-state index contributed by atoms with van der Waals surface area (Å²) in [7, 11) is 0. The minimum absolute atomic E-state index is 0.105. The summed E-state index contributed by atoms with van der Waals surface area (Å²) in [5.41, 5.74) is 0. The van der Waals surface area contributed by atoms with Gasteiger partial charge in [0.25, 0.3) is 0 Å². The van der Waals surface area contributed by atoms with Gasteiger partial charge in [-0.05, 0) is 12.1 Å². The van der Waals surface area contributed by atoms with E-state index < -0.39 is 0 Å². The zero-order valence-electron chi connectivity index (χ0n) is 11.6. The summed E-state index contributed by atoms with van der Waals surface area (Å²) in [6.07, 6.45) is -0.326. The largest absolute Gasteiger partial charge is 0.492 e. The van der Waals surface area contributed by atoms with Gasteiger partial charge in [-0.1, -0.05) is 6.07 Å². The van der Waals surface area contributed by atoms with Gasteiger partial charge in [0.1, 0.15) is 18.2 Å². The molecular weight excluding hydrogens is 279 g/mol. The van der Waals surface area contributed by atoms with Gasteiger partial charge in [0, 0.05) is 12.6 Å². The van der Waals surface area contributed by atoms with Crippen LogP contribution in [0.2, 0.25) is 0 Å². The number of rotatable bonds is 5. The number of carbonyl (C=O) groups is 1. The second-order valence-corrected chi connectivity index (χ2v) is 4.66. The standard InChI is InChI=1S/C14H19FN2O4/c15-11-2-1-3-12(8-11)20-6-4-16-14(19)17-5-7-21-13(9-17)10-18/h1-3,8,13,18H,4-7,9-10H2,(H,16,19). The Morgan fingerprint density at radius 1 is 1.57 bits per heavy atom. The molecule has 1 aliphatic rings. The van der Waals surface area contributed by atoms with Crippen molar-refractivity contribution >= 4 is 6.03 Å². The van der Waals surface area contributed by atoms with Crippen LogP contribution < -0.4 is 10.1 Å². The summed E-state index contributed by atoms with van der Waals surface area (Å²) in [4.78, 5) is 13.5. The molecule has 21 heavy (non-hydrogen) atoms. The number of nitrogens with one attached hydrogen (secondary N) is 1. The first-order valence-corrected chi connectivity index (χ1v) is 6.82. The fourth-order valence-corrected chi connectivity index (χ4v) is 2.01. The zero-order valence-corrected chi connectivity index (χ0v) is 11.6. The topological polar surface area (TPSA) is 71.0 Å². The first kappa shape index (κ1) is 15.5. The number of carbonyl (C=O) groups excluding carboxylic acids is 1. The second kappa shape index (κ2) is 7.80. The first-order chi connectivity index (χ1) is 10.2. The summed E-state index contributed by atoms with van der Waals surface area (Å²) in [6.45, 7) is 1.74. The first-order valence-electron chi connectivity index (χ1n) is 6.82. The lowest BCUT2D eigenvalue weighted by atomic mass is 10.3. The van der Waals surface area contributed by atoms with Gasteiger partial charge in [0.2, 0.25) is 0 Å². The number of amides is 2. The van der Waals surface area contributed by atoms with Crippen LogP contribution in [0.5, 0.6) is 5.75 Å². The molecule has 1 aliphatic heterocycles. The molecular formula is C14H19FN2O4. The average Bonchev–Trinajstić information content (AvgIpc) is 2.51. The average molecular weight is 298 g/mol. The molecule has 0 saturated carbocycles. The molecule has 0 bridgehead atoms. The molecule has 0 radical (unpaired) electrons. The molecule has 1 aromatic rings. The Hall–Kier alpha value is -1.86. The number of hydrogen-bond donors (Lipinski definition) is 2. The quantitative estimate of drug-likeness (QED) is 0.781. The van der Waals surface area contributed by atoms with Gasteiger partial charge in [0.15, 0.2) is 0 Å². The van der Waals surface area contributed by atoms with E-state index >= 15 is 0 Å². The Morgan fingerprint density at radius 3 is 3.19 bits per heavy atom. The number of benzene rings is 1. The van der Waals surface area contributed by atoms with E-state index in [-0.39, 0.29) is 31.2 Å². The van der Waals surface area contributed by atoms with Crippen molar-refractivity contribution in [2.24, 2.45) is 0 Å². The van der Waals surface area contributed by atoms with Crippen LogP contribution in [0.1, 0.15) is 0 Å². The van der Waals surface area contributed by atoms with Crippen molar-refractivity contribution in [1.82, 2.24) is 10.2 Å². The monoisotopic (exact) mass is 298 g/mol. The van der Waals surface area contributed by atoms with Crippen molar-refractivity contribution in [3.8, 4) is 5.75 Å². The third-order valence-corrected chi connectivity index (χ3v) is 3.07. The summed E-state index contributed by atoms with van der Waals surface area (Å²) in [5, 5.41) is 11.7. The molecule has 1 atom stereocenters. The van der Waals surface area contributed by atoms with Crippen LogP contribution in [0, 0.1) is 5.82 Å². The highest BCUT2D eigenvalue weighted by Crippen LogP contribution is 2.11. The van der Waals surface area contributed by atoms with Crippen LogP contribution >= 0.6 is 0 Å². The van der Waals surface area contributed by atoms with Crippen molar-refractivity contribution in [3.05, 3.63) is 30.1 Å². The van der Waals surface area contributed by atoms with E-state index in [1.807, 2.05) is 0 Å². The van der Waals surface area contributed by atoms with E-state index in [1.54, 1.807) is 17.0 Å². The highest BCUT2D eigenvalue weighted by molar-refractivity contribution is 5.74. The molecule has 2 N–H and O–H groups in total. The lowest BCUT2D eigenvalue weighted by molar-refractivity contribution is -0.0403. The third kappa shape index (κ3) is 4.87. The van der Waals surface area contributed by atoms with E-state index in [0.717, 1.165) is 0 Å². The smallest absolute Gasteiger partial charge is 0.317 e. The van der Waals surface area contributed by atoms with Crippen molar-refractivity contribution in [2.75, 3.05) is 39.5 Å². The fourth-order valence-electron chi connectivity index (χ4n) is 2.01. The van der Waals surface area contributed by atoms with Gasteiger partial charge >= 0.3 is 6.03 Å². The highest BCUT2D eigenvalue weighted by Gasteiger charge is 2.23. The Kier molecular flexibility index (Phi) is 5.77. The van der Waals surface area contributed by atoms with Crippen molar-refractivity contribution in [2.45, 2.75) is 6.10 Å². The summed E-state index contributed by atoms with van der Waals surface area (Å²) in [5.74, 6) is 0.0656. The number of halogens is 1. The van der Waals surface area contributed by atoms with Crippen LogP contribution in [0.3, 0.4) is 0 Å². The van der Waals surface area contributed by atoms with E-state index in [4.69, 9.17) is 14.6 Å². The molecule has 116 valence electrons.